The van der Waals surface area contributed by atoms with Gasteiger partial charge in [0.15, 0.2) is 0 Å². The van der Waals surface area contributed by atoms with E-state index in [-0.39, 0.29) is 0 Å². The summed E-state index contributed by atoms with van der Waals surface area (Å²) in [5.74, 6) is 0. The van der Waals surface area contributed by atoms with E-state index in [1.54, 1.807) is 0 Å². The van der Waals surface area contributed by atoms with Gasteiger partial charge in [0.25, 0.3) is 0 Å². The van der Waals surface area contributed by atoms with Crippen molar-refractivity contribution in [3.05, 3.63) is 41.2 Å². The zero-order chi connectivity index (χ0) is 9.52. The van der Waals surface area contributed by atoms with Crippen LogP contribution in [0.1, 0.15) is 24.8 Å². The molecule has 0 aliphatic carbocycles. The summed E-state index contributed by atoms with van der Waals surface area (Å²) in [6.07, 6.45) is 10.4. The molecule has 2 heteroatoms. The van der Waals surface area contributed by atoms with Crippen LogP contribution in [0.3, 0.4) is 0 Å². The van der Waals surface area contributed by atoms with Gasteiger partial charge in [0.05, 0.1) is 0 Å². The van der Waals surface area contributed by atoms with E-state index in [1.807, 2.05) is 18.5 Å². The van der Waals surface area contributed by atoms with Crippen molar-refractivity contribution in [3.8, 4) is 0 Å². The molecule has 0 saturated heterocycles. The Labute approximate surface area is 88.0 Å². The van der Waals surface area contributed by atoms with Crippen molar-refractivity contribution in [1.82, 2.24) is 4.98 Å². The van der Waals surface area contributed by atoms with Crippen molar-refractivity contribution >= 4 is 15.9 Å². The summed E-state index contributed by atoms with van der Waals surface area (Å²) in [5.41, 5.74) is 1.30. The first-order valence-electron chi connectivity index (χ1n) is 4.53. The number of hydrogen-bond acceptors (Lipinski definition) is 1. The Morgan fingerprint density at radius 3 is 2.92 bits per heavy atom. The standard InChI is InChI=1S/C11H14BrN/c1-2-3-4-5-6-10-7-11(12)9-13-8-10/h2,7-9H,1,3-6H2. The van der Waals surface area contributed by atoms with Crippen LogP contribution in [-0.2, 0) is 6.42 Å². The van der Waals surface area contributed by atoms with Gasteiger partial charge in [0.2, 0.25) is 0 Å². The summed E-state index contributed by atoms with van der Waals surface area (Å²) in [6, 6.07) is 2.13. The molecule has 1 nitrogen and oxygen atoms in total. The minimum atomic E-state index is 1.06. The highest BCUT2D eigenvalue weighted by molar-refractivity contribution is 9.10. The lowest BCUT2D eigenvalue weighted by Crippen LogP contribution is -1.86. The van der Waals surface area contributed by atoms with E-state index in [4.69, 9.17) is 0 Å². The van der Waals surface area contributed by atoms with E-state index in [0.29, 0.717) is 0 Å². The number of aromatic nitrogens is 1. The molecule has 1 heterocycles. The topological polar surface area (TPSA) is 12.9 Å². The molecule has 0 radical (unpaired) electrons. The van der Waals surface area contributed by atoms with Crippen molar-refractivity contribution in [2.45, 2.75) is 25.7 Å². The van der Waals surface area contributed by atoms with Crippen LogP contribution in [-0.4, -0.2) is 4.98 Å². The molecule has 0 spiro atoms. The minimum absolute atomic E-state index is 1.06. The summed E-state index contributed by atoms with van der Waals surface area (Å²) >= 11 is 3.41. The van der Waals surface area contributed by atoms with E-state index in [0.717, 1.165) is 17.3 Å². The molecule has 0 fully saturated rings. The summed E-state index contributed by atoms with van der Waals surface area (Å²) < 4.78 is 1.06. The number of nitrogens with zero attached hydrogens (tertiary/aromatic N) is 1. The number of hydrogen-bond donors (Lipinski definition) is 0. The molecule has 0 saturated carbocycles. The summed E-state index contributed by atoms with van der Waals surface area (Å²) in [5, 5.41) is 0. The minimum Gasteiger partial charge on any atom is -0.263 e. The SMILES string of the molecule is C=CCCCCc1cncc(Br)c1. The van der Waals surface area contributed by atoms with Gasteiger partial charge in [-0.1, -0.05) is 6.08 Å². The molecule has 1 rings (SSSR count). The fraction of sp³-hybridized carbons (Fsp3) is 0.364. The third-order valence-corrected chi connectivity index (χ3v) is 2.32. The normalized spacial score (nSPS) is 9.92. The Kier molecular flexibility index (Phi) is 4.76. The van der Waals surface area contributed by atoms with Crippen LogP contribution >= 0.6 is 15.9 Å². The van der Waals surface area contributed by atoms with E-state index in [2.05, 4.69) is 33.6 Å². The lowest BCUT2D eigenvalue weighted by molar-refractivity contribution is 0.746. The number of allylic oxidation sites excluding steroid dienone is 1. The zero-order valence-corrected chi connectivity index (χ0v) is 9.26. The van der Waals surface area contributed by atoms with Gasteiger partial charge in [0.1, 0.15) is 0 Å². The second-order valence-electron chi connectivity index (χ2n) is 3.05. The molecule has 1 aromatic heterocycles. The molecule has 0 atom stereocenters. The van der Waals surface area contributed by atoms with Crippen molar-refractivity contribution < 1.29 is 0 Å². The molecule has 70 valence electrons. The molecule has 0 aliphatic rings. The van der Waals surface area contributed by atoms with Crippen molar-refractivity contribution in [2.75, 3.05) is 0 Å². The maximum absolute atomic E-state index is 4.12. The fourth-order valence-electron chi connectivity index (χ4n) is 1.21. The van der Waals surface area contributed by atoms with Crippen LogP contribution in [0.5, 0.6) is 0 Å². The molecule has 0 aliphatic heterocycles. The van der Waals surface area contributed by atoms with Crippen LogP contribution < -0.4 is 0 Å². The first-order chi connectivity index (χ1) is 6.33. The van der Waals surface area contributed by atoms with Gasteiger partial charge < -0.3 is 0 Å². The van der Waals surface area contributed by atoms with Crippen LogP contribution in [0.4, 0.5) is 0 Å². The Morgan fingerprint density at radius 1 is 1.38 bits per heavy atom. The van der Waals surface area contributed by atoms with Crippen LogP contribution in [0.25, 0.3) is 0 Å². The smallest absolute Gasteiger partial charge is 0.0410 e. The molecule has 0 bridgehead atoms. The highest BCUT2D eigenvalue weighted by Gasteiger charge is 1.94. The van der Waals surface area contributed by atoms with Crippen LogP contribution in [0.2, 0.25) is 0 Å². The predicted molar refractivity (Wildman–Crippen MR) is 59.7 cm³/mol. The summed E-state index contributed by atoms with van der Waals surface area (Å²) in [6.45, 7) is 3.70. The Bertz CT molecular complexity index is 271. The quantitative estimate of drug-likeness (QED) is 0.564. The lowest BCUT2D eigenvalue weighted by atomic mass is 10.1. The first-order valence-corrected chi connectivity index (χ1v) is 5.32. The van der Waals surface area contributed by atoms with E-state index in [1.165, 1.54) is 18.4 Å². The van der Waals surface area contributed by atoms with Gasteiger partial charge in [-0.15, -0.1) is 6.58 Å². The molecule has 0 unspecified atom stereocenters. The molecular formula is C11H14BrN. The predicted octanol–water partition coefficient (Wildman–Crippen LogP) is 3.74. The molecule has 1 aromatic rings. The Morgan fingerprint density at radius 2 is 2.23 bits per heavy atom. The molecule has 0 N–H and O–H groups in total. The zero-order valence-electron chi connectivity index (χ0n) is 7.67. The Hall–Kier alpha value is -0.630. The lowest BCUT2D eigenvalue weighted by Gasteiger charge is -1.99. The highest BCUT2D eigenvalue weighted by Crippen LogP contribution is 2.12. The van der Waals surface area contributed by atoms with Gasteiger partial charge in [-0.05, 0) is 53.2 Å². The number of unbranched alkanes of at least 4 members (excludes halogenated alkanes) is 2. The number of rotatable bonds is 5. The maximum atomic E-state index is 4.12. The summed E-state index contributed by atoms with van der Waals surface area (Å²) in [4.78, 5) is 4.12. The van der Waals surface area contributed by atoms with Gasteiger partial charge in [-0.25, -0.2) is 0 Å². The van der Waals surface area contributed by atoms with Crippen LogP contribution in [0, 0.1) is 0 Å². The van der Waals surface area contributed by atoms with Crippen LogP contribution in [0.15, 0.2) is 35.6 Å². The number of aryl methyl sites for hydroxylation is 1. The average molecular weight is 240 g/mol. The van der Waals surface area contributed by atoms with Gasteiger partial charge in [-0.3, -0.25) is 4.98 Å². The van der Waals surface area contributed by atoms with Crippen molar-refractivity contribution in [1.29, 1.82) is 0 Å². The van der Waals surface area contributed by atoms with Gasteiger partial charge in [-0.2, -0.15) is 0 Å². The summed E-state index contributed by atoms with van der Waals surface area (Å²) in [7, 11) is 0. The van der Waals surface area contributed by atoms with E-state index in [9.17, 15) is 0 Å². The maximum Gasteiger partial charge on any atom is 0.0410 e. The van der Waals surface area contributed by atoms with Gasteiger partial charge >= 0.3 is 0 Å². The van der Waals surface area contributed by atoms with E-state index < -0.39 is 0 Å². The van der Waals surface area contributed by atoms with Crippen molar-refractivity contribution in [3.63, 3.8) is 0 Å². The van der Waals surface area contributed by atoms with E-state index >= 15 is 0 Å². The second kappa shape index (κ2) is 5.92. The van der Waals surface area contributed by atoms with Crippen molar-refractivity contribution in [2.24, 2.45) is 0 Å². The third kappa shape index (κ3) is 4.23. The first kappa shape index (κ1) is 10.5. The molecule has 0 aromatic carbocycles. The highest BCUT2D eigenvalue weighted by atomic mass is 79.9. The number of pyridine rings is 1. The monoisotopic (exact) mass is 239 g/mol. The third-order valence-electron chi connectivity index (χ3n) is 1.89. The Balaban J connectivity index is 2.32. The molecule has 13 heavy (non-hydrogen) atoms. The fourth-order valence-corrected chi connectivity index (χ4v) is 1.62. The molecule has 0 amide bonds. The molecular weight excluding hydrogens is 226 g/mol. The average Bonchev–Trinajstić information content (AvgIpc) is 2.13. The second-order valence-corrected chi connectivity index (χ2v) is 3.96. The van der Waals surface area contributed by atoms with Gasteiger partial charge in [0, 0.05) is 16.9 Å². The largest absolute Gasteiger partial charge is 0.263 e. The number of halogens is 1.